The van der Waals surface area contributed by atoms with Crippen molar-refractivity contribution in [3.8, 4) is 0 Å². The predicted octanol–water partition coefficient (Wildman–Crippen LogP) is 4.67. The molecular formula is C24H18N4O. The number of carbonyl (C=O) groups is 1. The molecule has 0 bridgehead atoms. The van der Waals surface area contributed by atoms with Crippen molar-refractivity contribution in [3.05, 3.63) is 94.2 Å². The van der Waals surface area contributed by atoms with Crippen molar-refractivity contribution in [2.75, 3.05) is 5.32 Å². The summed E-state index contributed by atoms with van der Waals surface area (Å²) < 4.78 is 1.88. The van der Waals surface area contributed by atoms with Crippen molar-refractivity contribution in [2.45, 2.75) is 19.9 Å². The lowest BCUT2D eigenvalue weighted by atomic mass is 9.94. The number of pyridine rings is 1. The van der Waals surface area contributed by atoms with Gasteiger partial charge in [-0.1, -0.05) is 54.6 Å². The Hall–Kier alpha value is -3.73. The number of nitrogens with one attached hydrogen (secondary N) is 1. The van der Waals surface area contributed by atoms with Gasteiger partial charge in [-0.05, 0) is 31.0 Å². The number of fused-ring (bicyclic) bond motifs is 6. The topological polar surface area (TPSA) is 59.8 Å². The van der Waals surface area contributed by atoms with Gasteiger partial charge in [0.15, 0.2) is 11.4 Å². The largest absolute Gasteiger partial charge is 0.358 e. The molecule has 0 saturated carbocycles. The first-order valence-electron chi connectivity index (χ1n) is 9.70. The third kappa shape index (κ3) is 2.12. The summed E-state index contributed by atoms with van der Waals surface area (Å²) in [6.07, 6.45) is 0. The van der Waals surface area contributed by atoms with E-state index in [0.29, 0.717) is 5.65 Å². The van der Waals surface area contributed by atoms with Gasteiger partial charge >= 0.3 is 0 Å². The van der Waals surface area contributed by atoms with E-state index < -0.39 is 0 Å². The number of benzene rings is 2. The van der Waals surface area contributed by atoms with Crippen LogP contribution in [0.2, 0.25) is 0 Å². The molecule has 2 aromatic carbocycles. The Balaban J connectivity index is 1.71. The molecular weight excluding hydrogens is 360 g/mol. The molecule has 0 fully saturated rings. The number of ketones is 1. The second kappa shape index (κ2) is 5.64. The molecule has 0 amide bonds. The maximum Gasteiger partial charge on any atom is 0.194 e. The van der Waals surface area contributed by atoms with E-state index in [2.05, 4.69) is 35.4 Å². The van der Waals surface area contributed by atoms with Gasteiger partial charge in [-0.2, -0.15) is 0 Å². The van der Waals surface area contributed by atoms with Gasteiger partial charge < -0.3 is 5.32 Å². The molecule has 0 saturated heterocycles. The highest BCUT2D eigenvalue weighted by atomic mass is 16.1. The minimum Gasteiger partial charge on any atom is -0.358 e. The van der Waals surface area contributed by atoms with Crippen LogP contribution in [-0.4, -0.2) is 20.5 Å². The summed E-state index contributed by atoms with van der Waals surface area (Å²) in [6.45, 7) is 4.06. The number of hydrogen-bond donors (Lipinski definition) is 1. The zero-order valence-corrected chi connectivity index (χ0v) is 16.1. The highest BCUT2D eigenvalue weighted by Gasteiger charge is 2.41. The first-order chi connectivity index (χ1) is 14.1. The van der Waals surface area contributed by atoms with E-state index in [1.165, 1.54) is 0 Å². The fraction of sp³-hybridized carbons (Fsp3) is 0.125. The van der Waals surface area contributed by atoms with Crippen molar-refractivity contribution < 1.29 is 4.79 Å². The molecule has 140 valence electrons. The summed E-state index contributed by atoms with van der Waals surface area (Å²) in [7, 11) is 0. The SMILES string of the molecule is Cc1cc(C)c2c3n(nc2n1)C1=C(C(=O)c2ccccc21)C(c1ccccc1)N3. The zero-order valence-electron chi connectivity index (χ0n) is 16.1. The number of hydrogen-bond acceptors (Lipinski definition) is 4. The Labute approximate surface area is 167 Å². The van der Waals surface area contributed by atoms with Crippen LogP contribution in [0.4, 0.5) is 5.82 Å². The predicted molar refractivity (Wildman–Crippen MR) is 113 cm³/mol. The Morgan fingerprint density at radius 1 is 0.966 bits per heavy atom. The third-order valence-corrected chi connectivity index (χ3v) is 5.81. The van der Waals surface area contributed by atoms with E-state index in [0.717, 1.165) is 50.4 Å². The molecule has 2 aliphatic rings. The molecule has 5 nitrogen and oxygen atoms in total. The van der Waals surface area contributed by atoms with Crippen molar-refractivity contribution >= 4 is 28.3 Å². The number of Topliss-reactive ketones (excluding diaryl/α,β-unsaturated/α-hetero) is 1. The third-order valence-electron chi connectivity index (χ3n) is 5.81. The van der Waals surface area contributed by atoms with E-state index in [9.17, 15) is 4.79 Å². The van der Waals surface area contributed by atoms with Crippen LogP contribution < -0.4 is 5.32 Å². The van der Waals surface area contributed by atoms with Gasteiger partial charge in [0.05, 0.1) is 22.7 Å². The molecule has 29 heavy (non-hydrogen) atoms. The Bertz CT molecular complexity index is 1360. The van der Waals surface area contributed by atoms with Gasteiger partial charge in [0.2, 0.25) is 0 Å². The number of aromatic nitrogens is 3. The molecule has 3 heterocycles. The van der Waals surface area contributed by atoms with Crippen LogP contribution in [0, 0.1) is 13.8 Å². The Kier molecular flexibility index (Phi) is 3.16. The van der Waals surface area contributed by atoms with E-state index in [1.54, 1.807) is 0 Å². The lowest BCUT2D eigenvalue weighted by Gasteiger charge is -2.28. The highest BCUT2D eigenvalue weighted by molar-refractivity contribution is 6.22. The Morgan fingerprint density at radius 2 is 1.69 bits per heavy atom. The molecule has 4 aromatic rings. The van der Waals surface area contributed by atoms with Gasteiger partial charge in [-0.3, -0.25) is 4.79 Å². The maximum atomic E-state index is 13.4. The van der Waals surface area contributed by atoms with E-state index in [1.807, 2.05) is 54.1 Å². The molecule has 0 spiro atoms. The molecule has 1 aliphatic heterocycles. The lowest BCUT2D eigenvalue weighted by molar-refractivity contribution is 0.103. The average Bonchev–Trinajstić information content (AvgIpc) is 3.24. The number of nitrogens with zero attached hydrogens (tertiary/aromatic N) is 3. The van der Waals surface area contributed by atoms with Crippen molar-refractivity contribution in [1.82, 2.24) is 14.8 Å². The first-order valence-corrected chi connectivity index (χ1v) is 9.70. The van der Waals surface area contributed by atoms with Gasteiger partial charge in [0.1, 0.15) is 5.82 Å². The molecule has 1 atom stereocenters. The highest BCUT2D eigenvalue weighted by Crippen LogP contribution is 2.47. The molecule has 1 unspecified atom stereocenters. The summed E-state index contributed by atoms with van der Waals surface area (Å²) in [5.41, 5.74) is 7.07. The fourth-order valence-corrected chi connectivity index (χ4v) is 4.61. The second-order valence-electron chi connectivity index (χ2n) is 7.66. The molecule has 0 radical (unpaired) electrons. The monoisotopic (exact) mass is 378 g/mol. The van der Waals surface area contributed by atoms with Crippen molar-refractivity contribution in [2.24, 2.45) is 0 Å². The van der Waals surface area contributed by atoms with Gasteiger partial charge in [0, 0.05) is 16.8 Å². The smallest absolute Gasteiger partial charge is 0.194 e. The normalized spacial score (nSPS) is 17.2. The number of rotatable bonds is 1. The van der Waals surface area contributed by atoms with Crippen molar-refractivity contribution in [1.29, 1.82) is 0 Å². The van der Waals surface area contributed by atoms with Gasteiger partial charge in [0.25, 0.3) is 0 Å². The minimum absolute atomic E-state index is 0.0584. The van der Waals surface area contributed by atoms with Gasteiger partial charge in [-0.15, -0.1) is 5.10 Å². The van der Waals surface area contributed by atoms with E-state index in [4.69, 9.17) is 5.10 Å². The summed E-state index contributed by atoms with van der Waals surface area (Å²) >= 11 is 0. The minimum atomic E-state index is -0.237. The lowest BCUT2D eigenvalue weighted by Crippen LogP contribution is -2.25. The summed E-state index contributed by atoms with van der Waals surface area (Å²) in [6, 6.07) is 19.7. The summed E-state index contributed by atoms with van der Waals surface area (Å²) in [4.78, 5) is 18.1. The second-order valence-corrected chi connectivity index (χ2v) is 7.66. The molecule has 1 aliphatic carbocycles. The number of anilines is 1. The average molecular weight is 378 g/mol. The van der Waals surface area contributed by atoms with Crippen LogP contribution in [-0.2, 0) is 0 Å². The van der Waals surface area contributed by atoms with Crippen LogP contribution in [0.15, 0.2) is 66.2 Å². The molecule has 2 aromatic heterocycles. The van der Waals surface area contributed by atoms with Crippen molar-refractivity contribution in [3.63, 3.8) is 0 Å². The maximum absolute atomic E-state index is 13.4. The summed E-state index contributed by atoms with van der Waals surface area (Å²) in [5.74, 6) is 0.949. The standard InChI is InChI=1S/C24H18N4O/c1-13-12-14(2)25-23-18(13)24-26-20(15-8-4-3-5-9-15)19-21(28(24)27-23)16-10-6-7-11-17(16)22(19)29/h3-12,20,26H,1-2H3. The van der Waals surface area contributed by atoms with E-state index >= 15 is 0 Å². The summed E-state index contributed by atoms with van der Waals surface area (Å²) in [5, 5.41) is 9.43. The van der Waals surface area contributed by atoms with Crippen LogP contribution in [0.1, 0.15) is 38.8 Å². The van der Waals surface area contributed by atoms with Gasteiger partial charge in [-0.25, -0.2) is 9.67 Å². The zero-order chi connectivity index (χ0) is 19.7. The molecule has 1 N–H and O–H groups in total. The van der Waals surface area contributed by atoms with Crippen LogP contribution >= 0.6 is 0 Å². The first kappa shape index (κ1) is 16.2. The van der Waals surface area contributed by atoms with Crippen LogP contribution in [0.25, 0.3) is 16.7 Å². The Morgan fingerprint density at radius 3 is 2.48 bits per heavy atom. The van der Waals surface area contributed by atoms with E-state index in [-0.39, 0.29) is 11.8 Å². The fourth-order valence-electron chi connectivity index (χ4n) is 4.61. The quantitative estimate of drug-likeness (QED) is 0.523. The van der Waals surface area contributed by atoms with Crippen LogP contribution in [0.3, 0.4) is 0 Å². The molecule has 6 rings (SSSR count). The number of carbonyl (C=O) groups excluding carboxylic acids is 1. The number of aryl methyl sites for hydroxylation is 2. The molecule has 5 heteroatoms. The van der Waals surface area contributed by atoms with Crippen LogP contribution in [0.5, 0.6) is 0 Å².